The third kappa shape index (κ3) is 3.18. The van der Waals surface area contributed by atoms with Crippen molar-refractivity contribution in [3.05, 3.63) is 57.9 Å². The van der Waals surface area contributed by atoms with Crippen molar-refractivity contribution in [2.24, 2.45) is 0 Å². The highest BCUT2D eigenvalue weighted by molar-refractivity contribution is 6.31. The summed E-state index contributed by atoms with van der Waals surface area (Å²) in [6.45, 7) is 4.12. The standard InChI is InChI=1S/C15H16ClFN2/c1-9-5-11(6-10(2)15(9)17)8-19-14-4-3-12(16)7-13(14)18/h3-7,19H,8,18H2,1-2H3. The van der Waals surface area contributed by atoms with Crippen LogP contribution in [-0.2, 0) is 6.54 Å². The van der Waals surface area contributed by atoms with E-state index in [4.69, 9.17) is 17.3 Å². The topological polar surface area (TPSA) is 38.0 Å². The van der Waals surface area contributed by atoms with Gasteiger partial charge in [0, 0.05) is 11.6 Å². The van der Waals surface area contributed by atoms with Crippen LogP contribution in [0.3, 0.4) is 0 Å². The predicted octanol–water partition coefficient (Wildman–Crippen LogP) is 4.29. The Morgan fingerprint density at radius 3 is 2.37 bits per heavy atom. The van der Waals surface area contributed by atoms with Crippen molar-refractivity contribution >= 4 is 23.0 Å². The lowest BCUT2D eigenvalue weighted by Crippen LogP contribution is -2.03. The molecule has 0 amide bonds. The molecule has 0 aliphatic rings. The van der Waals surface area contributed by atoms with Gasteiger partial charge in [0.25, 0.3) is 0 Å². The van der Waals surface area contributed by atoms with Gasteiger partial charge in [0.2, 0.25) is 0 Å². The van der Waals surface area contributed by atoms with Crippen LogP contribution in [-0.4, -0.2) is 0 Å². The highest BCUT2D eigenvalue weighted by Gasteiger charge is 2.05. The molecule has 3 N–H and O–H groups in total. The van der Waals surface area contributed by atoms with Crippen LogP contribution in [0.25, 0.3) is 0 Å². The lowest BCUT2D eigenvalue weighted by molar-refractivity contribution is 0.608. The van der Waals surface area contributed by atoms with E-state index in [-0.39, 0.29) is 5.82 Å². The molecule has 2 aromatic rings. The van der Waals surface area contributed by atoms with Crippen LogP contribution < -0.4 is 11.1 Å². The number of aryl methyl sites for hydroxylation is 2. The lowest BCUT2D eigenvalue weighted by atomic mass is 10.1. The molecule has 0 aliphatic carbocycles. The van der Waals surface area contributed by atoms with Gasteiger partial charge in [0.1, 0.15) is 5.82 Å². The zero-order chi connectivity index (χ0) is 14.0. The van der Waals surface area contributed by atoms with E-state index in [1.54, 1.807) is 26.0 Å². The molecule has 2 nitrogen and oxygen atoms in total. The van der Waals surface area contributed by atoms with Crippen molar-refractivity contribution in [1.82, 2.24) is 0 Å². The summed E-state index contributed by atoms with van der Waals surface area (Å²) in [5, 5.41) is 3.83. The molecule has 19 heavy (non-hydrogen) atoms. The lowest BCUT2D eigenvalue weighted by Gasteiger charge is -2.11. The Bertz CT molecular complexity index is 588. The Labute approximate surface area is 117 Å². The Hall–Kier alpha value is -1.74. The summed E-state index contributed by atoms with van der Waals surface area (Å²) >= 11 is 5.84. The highest BCUT2D eigenvalue weighted by atomic mass is 35.5. The van der Waals surface area contributed by atoms with Crippen LogP contribution in [0, 0.1) is 19.7 Å². The molecule has 0 saturated carbocycles. The summed E-state index contributed by atoms with van der Waals surface area (Å²) in [7, 11) is 0. The number of hydrogen-bond donors (Lipinski definition) is 2. The second-order valence-corrected chi connectivity index (χ2v) is 5.07. The first kappa shape index (κ1) is 13.7. The maximum absolute atomic E-state index is 13.5. The summed E-state index contributed by atoms with van der Waals surface area (Å²) in [6, 6.07) is 8.98. The summed E-state index contributed by atoms with van der Waals surface area (Å²) < 4.78 is 13.5. The van der Waals surface area contributed by atoms with Gasteiger partial charge in [0.15, 0.2) is 0 Å². The van der Waals surface area contributed by atoms with E-state index in [2.05, 4.69) is 5.32 Å². The average molecular weight is 279 g/mol. The number of hydrogen-bond acceptors (Lipinski definition) is 2. The van der Waals surface area contributed by atoms with Gasteiger partial charge < -0.3 is 11.1 Å². The van der Waals surface area contributed by atoms with Crippen LogP contribution in [0.2, 0.25) is 5.02 Å². The molecule has 2 rings (SSSR count). The van der Waals surface area contributed by atoms with Gasteiger partial charge in [-0.25, -0.2) is 4.39 Å². The fraction of sp³-hybridized carbons (Fsp3) is 0.200. The van der Waals surface area contributed by atoms with Crippen molar-refractivity contribution in [2.75, 3.05) is 11.1 Å². The van der Waals surface area contributed by atoms with Crippen molar-refractivity contribution in [3.8, 4) is 0 Å². The van der Waals surface area contributed by atoms with E-state index in [0.29, 0.717) is 28.4 Å². The van der Waals surface area contributed by atoms with Crippen LogP contribution in [0.1, 0.15) is 16.7 Å². The van der Waals surface area contributed by atoms with Gasteiger partial charge in [-0.15, -0.1) is 0 Å². The van der Waals surface area contributed by atoms with Crippen molar-refractivity contribution in [2.45, 2.75) is 20.4 Å². The normalized spacial score (nSPS) is 10.5. The minimum Gasteiger partial charge on any atom is -0.397 e. The maximum Gasteiger partial charge on any atom is 0.129 e. The molecule has 0 atom stereocenters. The molecule has 0 bridgehead atoms. The number of anilines is 2. The molecule has 0 radical (unpaired) electrons. The molecular formula is C15H16ClFN2. The minimum absolute atomic E-state index is 0.144. The number of benzene rings is 2. The number of nitrogen functional groups attached to an aromatic ring is 1. The third-order valence-electron chi connectivity index (χ3n) is 2.99. The summed E-state index contributed by atoms with van der Waals surface area (Å²) in [6.07, 6.45) is 0. The second kappa shape index (κ2) is 5.49. The smallest absolute Gasteiger partial charge is 0.129 e. The van der Waals surface area contributed by atoms with Crippen molar-refractivity contribution < 1.29 is 4.39 Å². The van der Waals surface area contributed by atoms with Gasteiger partial charge in [-0.05, 0) is 48.7 Å². The first-order valence-corrected chi connectivity index (χ1v) is 6.39. The number of halogens is 2. The van der Waals surface area contributed by atoms with Crippen LogP contribution in [0.5, 0.6) is 0 Å². The number of nitrogens with one attached hydrogen (secondary N) is 1. The van der Waals surface area contributed by atoms with E-state index in [1.165, 1.54) is 0 Å². The van der Waals surface area contributed by atoms with E-state index < -0.39 is 0 Å². The molecule has 100 valence electrons. The SMILES string of the molecule is Cc1cc(CNc2ccc(Cl)cc2N)cc(C)c1F. The van der Waals surface area contributed by atoms with Gasteiger partial charge in [-0.3, -0.25) is 0 Å². The molecule has 0 fully saturated rings. The van der Waals surface area contributed by atoms with Crippen molar-refractivity contribution in [1.29, 1.82) is 0 Å². The van der Waals surface area contributed by atoms with Crippen LogP contribution in [0.4, 0.5) is 15.8 Å². The Balaban J connectivity index is 2.14. The molecule has 0 saturated heterocycles. The first-order chi connectivity index (χ1) is 8.97. The third-order valence-corrected chi connectivity index (χ3v) is 3.23. The molecular weight excluding hydrogens is 263 g/mol. The zero-order valence-corrected chi connectivity index (χ0v) is 11.7. The van der Waals surface area contributed by atoms with Gasteiger partial charge in [0.05, 0.1) is 11.4 Å². The second-order valence-electron chi connectivity index (χ2n) is 4.63. The maximum atomic E-state index is 13.5. The van der Waals surface area contributed by atoms with Crippen LogP contribution >= 0.6 is 11.6 Å². The molecule has 0 aliphatic heterocycles. The molecule has 4 heteroatoms. The molecule has 2 aromatic carbocycles. The molecule has 0 spiro atoms. The minimum atomic E-state index is -0.144. The highest BCUT2D eigenvalue weighted by Crippen LogP contribution is 2.23. The average Bonchev–Trinajstić information content (AvgIpc) is 2.34. The van der Waals surface area contributed by atoms with Crippen molar-refractivity contribution in [3.63, 3.8) is 0 Å². The van der Waals surface area contributed by atoms with E-state index >= 15 is 0 Å². The van der Waals surface area contributed by atoms with E-state index in [9.17, 15) is 4.39 Å². The largest absolute Gasteiger partial charge is 0.397 e. The fourth-order valence-corrected chi connectivity index (χ4v) is 2.21. The Kier molecular flexibility index (Phi) is 3.96. The number of nitrogens with two attached hydrogens (primary N) is 1. The van der Waals surface area contributed by atoms with Crippen LogP contribution in [0.15, 0.2) is 30.3 Å². The zero-order valence-electron chi connectivity index (χ0n) is 10.9. The molecule has 0 aromatic heterocycles. The molecule has 0 heterocycles. The molecule has 0 unspecified atom stereocenters. The van der Waals surface area contributed by atoms with E-state index in [0.717, 1.165) is 11.3 Å². The Morgan fingerprint density at radius 1 is 1.16 bits per heavy atom. The van der Waals surface area contributed by atoms with E-state index in [1.807, 2.05) is 18.2 Å². The number of rotatable bonds is 3. The fourth-order valence-electron chi connectivity index (χ4n) is 2.03. The monoisotopic (exact) mass is 278 g/mol. The quantitative estimate of drug-likeness (QED) is 0.822. The Morgan fingerprint density at radius 2 is 1.79 bits per heavy atom. The predicted molar refractivity (Wildman–Crippen MR) is 79.1 cm³/mol. The van der Waals surface area contributed by atoms with Gasteiger partial charge >= 0.3 is 0 Å². The summed E-state index contributed by atoms with van der Waals surface area (Å²) in [5.74, 6) is -0.144. The van der Waals surface area contributed by atoms with Gasteiger partial charge in [-0.1, -0.05) is 23.7 Å². The van der Waals surface area contributed by atoms with Gasteiger partial charge in [-0.2, -0.15) is 0 Å². The first-order valence-electron chi connectivity index (χ1n) is 6.02. The summed E-state index contributed by atoms with van der Waals surface area (Å²) in [4.78, 5) is 0. The summed E-state index contributed by atoms with van der Waals surface area (Å²) in [5.41, 5.74) is 9.61.